The molecule has 2 fully saturated rings. The number of piperazine rings is 1. The molecule has 0 saturated carbocycles. The van der Waals surface area contributed by atoms with Crippen molar-refractivity contribution < 1.29 is 22.7 Å². The van der Waals surface area contributed by atoms with Crippen LogP contribution >= 0.6 is 0 Å². The van der Waals surface area contributed by atoms with Crippen LogP contribution in [-0.4, -0.2) is 59.4 Å². The van der Waals surface area contributed by atoms with Crippen LogP contribution in [0.5, 0.6) is 0 Å². The molecule has 7 heteroatoms. The number of fused-ring (bicyclic) bond motifs is 2. The number of likely N-dealkylation sites (tertiary alicyclic amines) is 1. The van der Waals surface area contributed by atoms with Gasteiger partial charge in [-0.15, -0.1) is 0 Å². The van der Waals surface area contributed by atoms with Gasteiger partial charge >= 0.3 is 12.3 Å². The molecule has 0 aromatic heterocycles. The highest BCUT2D eigenvalue weighted by Gasteiger charge is 2.46. The molecule has 0 aliphatic carbocycles. The summed E-state index contributed by atoms with van der Waals surface area (Å²) in [4.78, 5) is 15.2. The summed E-state index contributed by atoms with van der Waals surface area (Å²) >= 11 is 0. The Labute approximate surface area is 116 Å². The van der Waals surface area contributed by atoms with Crippen LogP contribution in [0.1, 0.15) is 33.6 Å². The average Bonchev–Trinajstić information content (AvgIpc) is 2.46. The van der Waals surface area contributed by atoms with E-state index in [1.54, 1.807) is 25.7 Å². The normalized spacial score (nSPS) is 27.8. The number of halogens is 3. The zero-order valence-electron chi connectivity index (χ0n) is 12.0. The smallest absolute Gasteiger partial charge is 0.410 e. The molecule has 2 rings (SSSR count). The Hall–Kier alpha value is -0.980. The Morgan fingerprint density at radius 1 is 1.15 bits per heavy atom. The summed E-state index contributed by atoms with van der Waals surface area (Å²) in [5, 5.41) is 0. The molecule has 2 heterocycles. The van der Waals surface area contributed by atoms with Crippen LogP contribution < -0.4 is 0 Å². The second-order valence-corrected chi connectivity index (χ2v) is 6.58. The highest BCUT2D eigenvalue weighted by molar-refractivity contribution is 5.69. The van der Waals surface area contributed by atoms with Gasteiger partial charge in [0.05, 0.1) is 6.54 Å². The van der Waals surface area contributed by atoms with Gasteiger partial charge in [-0.3, -0.25) is 9.80 Å². The molecule has 4 nitrogen and oxygen atoms in total. The molecule has 0 aromatic rings. The van der Waals surface area contributed by atoms with Gasteiger partial charge in [-0.1, -0.05) is 0 Å². The lowest BCUT2D eigenvalue weighted by atomic mass is 10.2. The number of ether oxygens (including phenoxy) is 1. The molecule has 0 N–H and O–H groups in total. The fourth-order valence-corrected chi connectivity index (χ4v) is 2.99. The van der Waals surface area contributed by atoms with Crippen molar-refractivity contribution in [2.45, 2.75) is 57.5 Å². The first-order chi connectivity index (χ1) is 9.05. The Kier molecular flexibility index (Phi) is 3.92. The van der Waals surface area contributed by atoms with Crippen molar-refractivity contribution in [2.75, 3.05) is 19.6 Å². The van der Waals surface area contributed by atoms with E-state index < -0.39 is 24.4 Å². The molecule has 116 valence electrons. The average molecular weight is 294 g/mol. The highest BCUT2D eigenvalue weighted by Crippen LogP contribution is 2.32. The van der Waals surface area contributed by atoms with Gasteiger partial charge in [0, 0.05) is 25.2 Å². The molecule has 2 saturated heterocycles. The van der Waals surface area contributed by atoms with E-state index in [0.29, 0.717) is 0 Å². The Morgan fingerprint density at radius 2 is 1.65 bits per heavy atom. The standard InChI is InChI=1S/C13H21F3N2O2/c1-12(2,3)20-11(19)18-9-4-5-10(18)7-17(6-9)8-13(14,15)16/h9-10H,4-8H2,1-3H3/t9-,10+. The first-order valence-corrected chi connectivity index (χ1v) is 6.85. The second-order valence-electron chi connectivity index (χ2n) is 6.58. The molecule has 1 amide bonds. The lowest BCUT2D eigenvalue weighted by Crippen LogP contribution is -2.57. The molecule has 2 aliphatic heterocycles. The number of alkyl halides is 3. The monoisotopic (exact) mass is 294 g/mol. The summed E-state index contributed by atoms with van der Waals surface area (Å²) < 4.78 is 42.7. The van der Waals surface area contributed by atoms with Crippen LogP contribution in [0.25, 0.3) is 0 Å². The number of nitrogens with zero attached hydrogens (tertiary/aromatic N) is 2. The topological polar surface area (TPSA) is 32.8 Å². The zero-order valence-corrected chi connectivity index (χ0v) is 12.0. The Bertz CT molecular complexity index is 365. The minimum absolute atomic E-state index is 0.161. The number of hydrogen-bond donors (Lipinski definition) is 0. The molecule has 2 aliphatic rings. The zero-order chi connectivity index (χ0) is 15.1. The minimum atomic E-state index is -4.19. The van der Waals surface area contributed by atoms with E-state index in [1.165, 1.54) is 4.90 Å². The van der Waals surface area contributed by atoms with E-state index in [2.05, 4.69) is 0 Å². The fourth-order valence-electron chi connectivity index (χ4n) is 2.99. The molecule has 0 aromatic carbocycles. The molecule has 0 spiro atoms. The van der Waals surface area contributed by atoms with Gasteiger partial charge in [-0.2, -0.15) is 13.2 Å². The van der Waals surface area contributed by atoms with Crippen molar-refractivity contribution in [1.29, 1.82) is 0 Å². The number of carbonyl (C=O) groups excluding carboxylic acids is 1. The predicted molar refractivity (Wildman–Crippen MR) is 67.4 cm³/mol. The lowest BCUT2D eigenvalue weighted by molar-refractivity contribution is -0.151. The lowest BCUT2D eigenvalue weighted by Gasteiger charge is -2.41. The van der Waals surface area contributed by atoms with Gasteiger partial charge in [0.2, 0.25) is 0 Å². The summed E-state index contributed by atoms with van der Waals surface area (Å²) in [5.41, 5.74) is -0.584. The third-order valence-electron chi connectivity index (χ3n) is 3.57. The maximum atomic E-state index is 12.4. The first-order valence-electron chi connectivity index (χ1n) is 6.85. The summed E-state index contributed by atoms with van der Waals surface area (Å²) in [5.74, 6) is 0. The maximum absolute atomic E-state index is 12.4. The van der Waals surface area contributed by atoms with Crippen LogP contribution in [-0.2, 0) is 4.74 Å². The van der Waals surface area contributed by atoms with E-state index in [-0.39, 0.29) is 25.2 Å². The van der Waals surface area contributed by atoms with Crippen LogP contribution in [0.2, 0.25) is 0 Å². The largest absolute Gasteiger partial charge is 0.444 e. The van der Waals surface area contributed by atoms with Crippen LogP contribution in [0.3, 0.4) is 0 Å². The van der Waals surface area contributed by atoms with Crippen molar-refractivity contribution in [1.82, 2.24) is 9.80 Å². The third kappa shape index (κ3) is 3.77. The quantitative estimate of drug-likeness (QED) is 0.745. The summed E-state index contributed by atoms with van der Waals surface area (Å²) in [6.07, 6.45) is -3.10. The van der Waals surface area contributed by atoms with Gasteiger partial charge in [0.25, 0.3) is 0 Å². The Morgan fingerprint density at radius 3 is 2.05 bits per heavy atom. The van der Waals surface area contributed by atoms with Gasteiger partial charge in [-0.25, -0.2) is 4.79 Å². The van der Waals surface area contributed by atoms with E-state index in [0.717, 1.165) is 12.8 Å². The van der Waals surface area contributed by atoms with E-state index in [4.69, 9.17) is 4.74 Å². The second kappa shape index (κ2) is 5.09. The molecule has 0 radical (unpaired) electrons. The summed E-state index contributed by atoms with van der Waals surface area (Å²) in [6.45, 7) is 5.00. The minimum Gasteiger partial charge on any atom is -0.444 e. The third-order valence-corrected chi connectivity index (χ3v) is 3.57. The number of amides is 1. The first kappa shape index (κ1) is 15.4. The fraction of sp³-hybridized carbons (Fsp3) is 0.923. The number of hydrogen-bond acceptors (Lipinski definition) is 3. The van der Waals surface area contributed by atoms with Crippen LogP contribution in [0, 0.1) is 0 Å². The van der Waals surface area contributed by atoms with Crippen molar-refractivity contribution >= 4 is 6.09 Å². The molecular weight excluding hydrogens is 273 g/mol. The molecule has 2 atom stereocenters. The SMILES string of the molecule is CC(C)(C)OC(=O)N1[C@@H]2CC[C@H]1CN(CC(F)(F)F)C2. The van der Waals surface area contributed by atoms with Crippen molar-refractivity contribution in [3.63, 3.8) is 0 Å². The summed E-state index contributed by atoms with van der Waals surface area (Å²) in [7, 11) is 0. The van der Waals surface area contributed by atoms with Crippen molar-refractivity contribution in [3.8, 4) is 0 Å². The molecular formula is C13H21F3N2O2. The van der Waals surface area contributed by atoms with Crippen molar-refractivity contribution in [2.24, 2.45) is 0 Å². The van der Waals surface area contributed by atoms with E-state index in [9.17, 15) is 18.0 Å². The van der Waals surface area contributed by atoms with Gasteiger partial charge in [0.15, 0.2) is 0 Å². The van der Waals surface area contributed by atoms with Crippen molar-refractivity contribution in [3.05, 3.63) is 0 Å². The highest BCUT2D eigenvalue weighted by atomic mass is 19.4. The predicted octanol–water partition coefficient (Wildman–Crippen LogP) is 2.63. The van der Waals surface area contributed by atoms with Gasteiger partial charge in [0.1, 0.15) is 5.60 Å². The number of rotatable bonds is 1. The van der Waals surface area contributed by atoms with E-state index in [1.807, 2.05) is 0 Å². The van der Waals surface area contributed by atoms with Crippen LogP contribution in [0.15, 0.2) is 0 Å². The molecule has 0 unspecified atom stereocenters. The molecule has 20 heavy (non-hydrogen) atoms. The summed E-state index contributed by atoms with van der Waals surface area (Å²) in [6, 6.07) is -0.322. The number of carbonyl (C=O) groups is 1. The molecule has 2 bridgehead atoms. The van der Waals surface area contributed by atoms with Gasteiger partial charge in [-0.05, 0) is 33.6 Å². The maximum Gasteiger partial charge on any atom is 0.410 e. The van der Waals surface area contributed by atoms with Crippen LogP contribution in [0.4, 0.5) is 18.0 Å². The van der Waals surface area contributed by atoms with E-state index >= 15 is 0 Å². The Balaban J connectivity index is 1.98. The van der Waals surface area contributed by atoms with Gasteiger partial charge < -0.3 is 4.74 Å².